The molecule has 0 unspecified atom stereocenters. The zero-order chi connectivity index (χ0) is 8.72. The summed E-state index contributed by atoms with van der Waals surface area (Å²) in [4.78, 5) is 0. The van der Waals surface area contributed by atoms with Crippen LogP contribution in [0, 0.1) is 20.8 Å². The number of aryl methyl sites for hydroxylation is 3. The van der Waals surface area contributed by atoms with E-state index in [1.165, 1.54) is 22.2 Å². The van der Waals surface area contributed by atoms with Crippen LogP contribution in [-0.4, -0.2) is 9.61 Å². The molecule has 0 N–H and O–H groups in total. The summed E-state index contributed by atoms with van der Waals surface area (Å²) in [5.74, 6) is 0. The van der Waals surface area contributed by atoms with Crippen molar-refractivity contribution in [2.24, 2.45) is 0 Å². The summed E-state index contributed by atoms with van der Waals surface area (Å²) >= 11 is 0. The highest BCUT2D eigenvalue weighted by Gasteiger charge is 2.04. The number of hydrogen-bond acceptors (Lipinski definition) is 1. The second-order valence-corrected chi connectivity index (χ2v) is 3.24. The van der Waals surface area contributed by atoms with Crippen LogP contribution in [0.4, 0.5) is 0 Å². The van der Waals surface area contributed by atoms with Crippen molar-refractivity contribution >= 4 is 5.52 Å². The van der Waals surface area contributed by atoms with Crippen LogP contribution >= 0.6 is 0 Å². The molecule has 2 aromatic rings. The first kappa shape index (κ1) is 7.35. The van der Waals surface area contributed by atoms with Crippen molar-refractivity contribution in [2.45, 2.75) is 20.8 Å². The predicted octanol–water partition coefficient (Wildman–Crippen LogP) is 2.26. The third-order valence-electron chi connectivity index (χ3n) is 2.38. The lowest BCUT2D eigenvalue weighted by Crippen LogP contribution is -1.90. The van der Waals surface area contributed by atoms with Gasteiger partial charge in [0.25, 0.3) is 0 Å². The van der Waals surface area contributed by atoms with E-state index >= 15 is 0 Å². The van der Waals surface area contributed by atoms with Crippen LogP contribution in [-0.2, 0) is 0 Å². The van der Waals surface area contributed by atoms with Crippen LogP contribution in [0.15, 0.2) is 18.5 Å². The maximum absolute atomic E-state index is 4.24. The van der Waals surface area contributed by atoms with E-state index in [9.17, 15) is 0 Å². The Bertz CT molecular complexity index is 427. The number of rotatable bonds is 0. The Morgan fingerprint density at radius 1 is 1.17 bits per heavy atom. The van der Waals surface area contributed by atoms with E-state index < -0.39 is 0 Å². The van der Waals surface area contributed by atoms with Crippen molar-refractivity contribution in [3.05, 3.63) is 35.2 Å². The molecular formula is C10H12N2. The first-order valence-corrected chi connectivity index (χ1v) is 4.10. The number of nitrogens with zero attached hydrogens (tertiary/aromatic N) is 2. The van der Waals surface area contributed by atoms with Crippen molar-refractivity contribution < 1.29 is 0 Å². The lowest BCUT2D eigenvalue weighted by atomic mass is 10.1. The quantitative estimate of drug-likeness (QED) is 0.577. The molecule has 12 heavy (non-hydrogen) atoms. The molecule has 0 aliphatic heterocycles. The molecule has 0 radical (unpaired) electrons. The molecule has 0 aliphatic carbocycles. The van der Waals surface area contributed by atoms with Crippen molar-refractivity contribution in [3.8, 4) is 0 Å². The molecule has 2 rings (SSSR count). The normalized spacial score (nSPS) is 10.9. The summed E-state index contributed by atoms with van der Waals surface area (Å²) in [6.07, 6.45) is 3.90. The summed E-state index contributed by atoms with van der Waals surface area (Å²) in [6.45, 7) is 6.37. The van der Waals surface area contributed by atoms with Crippen molar-refractivity contribution in [1.82, 2.24) is 9.61 Å². The van der Waals surface area contributed by atoms with Gasteiger partial charge in [0.15, 0.2) is 0 Å². The molecule has 0 spiro atoms. The summed E-state index contributed by atoms with van der Waals surface area (Å²) in [5, 5.41) is 4.24. The molecule has 2 nitrogen and oxygen atoms in total. The first-order chi connectivity index (χ1) is 5.70. The predicted molar refractivity (Wildman–Crippen MR) is 49.4 cm³/mol. The lowest BCUT2D eigenvalue weighted by Gasteiger charge is -1.97. The molecule has 0 bridgehead atoms. The Hall–Kier alpha value is -1.31. The molecule has 2 aromatic heterocycles. The van der Waals surface area contributed by atoms with Gasteiger partial charge in [-0.2, -0.15) is 5.10 Å². The highest BCUT2D eigenvalue weighted by molar-refractivity contribution is 5.62. The average molecular weight is 160 g/mol. The van der Waals surface area contributed by atoms with E-state index in [1.807, 2.05) is 16.8 Å². The van der Waals surface area contributed by atoms with Gasteiger partial charge in [-0.15, -0.1) is 0 Å². The Labute approximate surface area is 71.8 Å². The zero-order valence-electron chi connectivity index (χ0n) is 7.63. The largest absolute Gasteiger partial charge is 0.240 e. The van der Waals surface area contributed by atoms with E-state index in [1.54, 1.807) is 0 Å². The summed E-state index contributed by atoms with van der Waals surface area (Å²) < 4.78 is 1.94. The highest BCUT2D eigenvalue weighted by Crippen LogP contribution is 2.18. The van der Waals surface area contributed by atoms with E-state index in [0.29, 0.717) is 0 Å². The molecule has 62 valence electrons. The minimum absolute atomic E-state index is 1.25. The summed E-state index contributed by atoms with van der Waals surface area (Å²) in [6, 6.07) is 2.04. The zero-order valence-corrected chi connectivity index (χ0v) is 7.63. The molecule has 0 amide bonds. The van der Waals surface area contributed by atoms with Crippen molar-refractivity contribution in [2.75, 3.05) is 0 Å². The van der Waals surface area contributed by atoms with E-state index in [2.05, 4.69) is 32.1 Å². The second kappa shape index (κ2) is 2.34. The van der Waals surface area contributed by atoms with Gasteiger partial charge in [-0.1, -0.05) is 0 Å². The number of hydrogen-bond donors (Lipinski definition) is 0. The topological polar surface area (TPSA) is 17.3 Å². The summed E-state index contributed by atoms with van der Waals surface area (Å²) in [7, 11) is 0. The van der Waals surface area contributed by atoms with Crippen LogP contribution in [0.2, 0.25) is 0 Å². The van der Waals surface area contributed by atoms with Gasteiger partial charge in [0, 0.05) is 12.4 Å². The van der Waals surface area contributed by atoms with Crippen LogP contribution in [0.1, 0.15) is 16.7 Å². The van der Waals surface area contributed by atoms with Gasteiger partial charge in [-0.05, 0) is 43.5 Å². The molecular weight excluding hydrogens is 148 g/mol. The van der Waals surface area contributed by atoms with E-state index in [4.69, 9.17) is 0 Å². The Balaban J connectivity index is 2.97. The maximum atomic E-state index is 4.24. The third-order valence-corrected chi connectivity index (χ3v) is 2.38. The molecule has 0 fully saturated rings. The molecule has 0 aliphatic rings. The van der Waals surface area contributed by atoms with Gasteiger partial charge in [0.2, 0.25) is 0 Å². The fourth-order valence-electron chi connectivity index (χ4n) is 1.57. The van der Waals surface area contributed by atoms with E-state index in [0.717, 1.165) is 0 Å². The summed E-state index contributed by atoms with van der Waals surface area (Å²) in [5.41, 5.74) is 5.17. The van der Waals surface area contributed by atoms with Crippen molar-refractivity contribution in [3.63, 3.8) is 0 Å². The van der Waals surface area contributed by atoms with Gasteiger partial charge < -0.3 is 0 Å². The number of aromatic nitrogens is 2. The van der Waals surface area contributed by atoms with Gasteiger partial charge in [0.1, 0.15) is 0 Å². The van der Waals surface area contributed by atoms with Gasteiger partial charge in [-0.25, -0.2) is 4.52 Å². The van der Waals surface area contributed by atoms with Crippen molar-refractivity contribution in [1.29, 1.82) is 0 Å². The molecule has 2 heterocycles. The van der Waals surface area contributed by atoms with Crippen LogP contribution in [0.3, 0.4) is 0 Å². The van der Waals surface area contributed by atoms with Crippen LogP contribution in [0.25, 0.3) is 5.52 Å². The molecule has 2 heteroatoms. The monoisotopic (exact) mass is 160 g/mol. The lowest BCUT2D eigenvalue weighted by molar-refractivity contribution is 0.930. The van der Waals surface area contributed by atoms with Gasteiger partial charge >= 0.3 is 0 Å². The van der Waals surface area contributed by atoms with Crippen LogP contribution in [0.5, 0.6) is 0 Å². The molecule has 0 saturated carbocycles. The fourth-order valence-corrected chi connectivity index (χ4v) is 1.57. The minimum Gasteiger partial charge on any atom is -0.240 e. The Morgan fingerprint density at radius 3 is 2.58 bits per heavy atom. The minimum atomic E-state index is 1.25. The highest BCUT2D eigenvalue weighted by atomic mass is 15.2. The second-order valence-electron chi connectivity index (χ2n) is 3.24. The Morgan fingerprint density at radius 2 is 1.92 bits per heavy atom. The first-order valence-electron chi connectivity index (χ1n) is 4.10. The van der Waals surface area contributed by atoms with E-state index in [-0.39, 0.29) is 0 Å². The SMILES string of the molecule is Cc1cn2nccc(C)c2c1C. The smallest absolute Gasteiger partial charge is 0.0707 e. The average Bonchev–Trinajstić information content (AvgIpc) is 2.29. The van der Waals surface area contributed by atoms with Gasteiger partial charge in [-0.3, -0.25) is 0 Å². The Kier molecular flexibility index (Phi) is 1.43. The molecule has 0 saturated heterocycles. The third kappa shape index (κ3) is 0.843. The standard InChI is InChI=1S/C10H12N2/c1-7-4-5-11-12-6-8(2)9(3)10(7)12/h4-6H,1-3H3. The fraction of sp³-hybridized carbons (Fsp3) is 0.300. The molecule has 0 aromatic carbocycles. The maximum Gasteiger partial charge on any atom is 0.0707 e. The van der Waals surface area contributed by atoms with Gasteiger partial charge in [0.05, 0.1) is 5.52 Å². The number of fused-ring (bicyclic) bond motifs is 1. The molecule has 0 atom stereocenters. The van der Waals surface area contributed by atoms with Crippen LogP contribution < -0.4 is 0 Å².